The summed E-state index contributed by atoms with van der Waals surface area (Å²) >= 11 is 5.77. The van der Waals surface area contributed by atoms with E-state index in [1.54, 1.807) is 38.1 Å². The van der Waals surface area contributed by atoms with Crippen LogP contribution in [0.5, 0.6) is 0 Å². The van der Waals surface area contributed by atoms with Crippen LogP contribution in [0, 0.1) is 13.8 Å². The Kier molecular flexibility index (Phi) is 4.08. The van der Waals surface area contributed by atoms with Gasteiger partial charge in [-0.2, -0.15) is 0 Å². The number of anilines is 1. The van der Waals surface area contributed by atoms with Crippen LogP contribution in [-0.4, -0.2) is 8.42 Å². The summed E-state index contributed by atoms with van der Waals surface area (Å²) in [5.41, 5.74) is 6.52. The first-order valence-corrected chi connectivity index (χ1v) is 7.78. The van der Waals surface area contributed by atoms with Crippen molar-refractivity contribution >= 4 is 27.3 Å². The number of sulfonamides is 1. The molecule has 1 aromatic carbocycles. The summed E-state index contributed by atoms with van der Waals surface area (Å²) < 4.78 is 32.7. The van der Waals surface area contributed by atoms with Gasteiger partial charge in [0.1, 0.15) is 16.4 Å². The first-order chi connectivity index (χ1) is 9.35. The second-order valence-corrected chi connectivity index (χ2v) is 6.39. The topological polar surface area (TPSA) is 85.3 Å². The van der Waals surface area contributed by atoms with Gasteiger partial charge in [-0.3, -0.25) is 4.72 Å². The van der Waals surface area contributed by atoms with Gasteiger partial charge in [-0.15, -0.1) is 0 Å². The van der Waals surface area contributed by atoms with E-state index in [0.29, 0.717) is 27.8 Å². The van der Waals surface area contributed by atoms with Crippen molar-refractivity contribution < 1.29 is 12.8 Å². The highest BCUT2D eigenvalue weighted by molar-refractivity contribution is 7.92. The smallest absolute Gasteiger partial charge is 0.265 e. The largest absolute Gasteiger partial charge is 0.465 e. The van der Waals surface area contributed by atoms with Gasteiger partial charge < -0.3 is 10.2 Å². The lowest BCUT2D eigenvalue weighted by molar-refractivity contribution is 0.494. The molecule has 20 heavy (non-hydrogen) atoms. The molecule has 0 atom stereocenters. The molecule has 0 aliphatic heterocycles. The summed E-state index contributed by atoms with van der Waals surface area (Å²) in [7, 11) is -3.75. The predicted molar refractivity (Wildman–Crippen MR) is 78.3 cm³/mol. The van der Waals surface area contributed by atoms with Crippen molar-refractivity contribution in [1.29, 1.82) is 0 Å². The van der Waals surface area contributed by atoms with Crippen LogP contribution in [0.4, 0.5) is 5.69 Å². The Morgan fingerprint density at radius 1 is 1.20 bits per heavy atom. The fourth-order valence-corrected chi connectivity index (χ4v) is 3.67. The van der Waals surface area contributed by atoms with Crippen molar-refractivity contribution in [2.45, 2.75) is 25.3 Å². The summed E-state index contributed by atoms with van der Waals surface area (Å²) in [6.07, 6.45) is 0. The molecule has 0 fully saturated rings. The van der Waals surface area contributed by atoms with Crippen LogP contribution in [-0.2, 0) is 16.6 Å². The van der Waals surface area contributed by atoms with E-state index in [4.69, 9.17) is 21.8 Å². The van der Waals surface area contributed by atoms with E-state index in [1.165, 1.54) is 0 Å². The molecular formula is C13H15ClN2O3S. The maximum absolute atomic E-state index is 12.4. The van der Waals surface area contributed by atoms with Gasteiger partial charge in [0, 0.05) is 22.8 Å². The van der Waals surface area contributed by atoms with Crippen molar-refractivity contribution in [3.8, 4) is 0 Å². The number of hydrogen-bond donors (Lipinski definition) is 2. The highest BCUT2D eigenvalue weighted by Crippen LogP contribution is 2.28. The summed E-state index contributed by atoms with van der Waals surface area (Å²) in [5.74, 6) is 0.839. The minimum Gasteiger partial charge on any atom is -0.465 e. The molecule has 7 heteroatoms. The average molecular weight is 315 g/mol. The number of halogens is 1. The Hall–Kier alpha value is -1.50. The minimum absolute atomic E-state index is 0.0973. The fourth-order valence-electron chi connectivity index (χ4n) is 2.02. The zero-order valence-electron chi connectivity index (χ0n) is 11.1. The van der Waals surface area contributed by atoms with Gasteiger partial charge in [-0.05, 0) is 38.1 Å². The molecule has 0 radical (unpaired) electrons. The van der Waals surface area contributed by atoms with Crippen LogP contribution in [0.1, 0.15) is 17.1 Å². The Balaban J connectivity index is 2.43. The number of benzene rings is 1. The monoisotopic (exact) mass is 314 g/mol. The molecular weight excluding hydrogens is 300 g/mol. The maximum Gasteiger partial charge on any atom is 0.265 e. The van der Waals surface area contributed by atoms with Crippen LogP contribution in [0.2, 0.25) is 5.02 Å². The maximum atomic E-state index is 12.4. The second-order valence-electron chi connectivity index (χ2n) is 4.34. The highest BCUT2D eigenvalue weighted by atomic mass is 35.5. The van der Waals surface area contributed by atoms with Crippen LogP contribution in [0.15, 0.2) is 33.6 Å². The first-order valence-electron chi connectivity index (χ1n) is 5.92. The molecule has 1 heterocycles. The molecule has 0 amide bonds. The zero-order valence-corrected chi connectivity index (χ0v) is 12.7. The molecule has 0 aliphatic rings. The molecule has 1 aromatic heterocycles. The number of nitrogens with one attached hydrogen (secondary N) is 1. The Bertz CT molecular complexity index is 721. The lowest BCUT2D eigenvalue weighted by atomic mass is 10.2. The first kappa shape index (κ1) is 14.9. The van der Waals surface area contributed by atoms with Crippen molar-refractivity contribution in [3.05, 3.63) is 46.4 Å². The fraction of sp³-hybridized carbons (Fsp3) is 0.231. The van der Waals surface area contributed by atoms with Crippen LogP contribution in [0.25, 0.3) is 0 Å². The van der Waals surface area contributed by atoms with Crippen LogP contribution in [0.3, 0.4) is 0 Å². The van der Waals surface area contributed by atoms with E-state index >= 15 is 0 Å². The number of furan rings is 1. The standard InChI is InChI=1S/C13H15ClN2O3S/c1-8-12(7-15)13(9(2)19-8)20(17,18)16-11-5-3-10(14)4-6-11/h3-6,16H,7,15H2,1-2H3. The zero-order chi connectivity index (χ0) is 14.9. The summed E-state index contributed by atoms with van der Waals surface area (Å²) in [6, 6.07) is 6.39. The molecule has 0 aliphatic carbocycles. The average Bonchev–Trinajstić information content (AvgIpc) is 2.66. The SMILES string of the molecule is Cc1oc(C)c(S(=O)(=O)Nc2ccc(Cl)cc2)c1CN. The lowest BCUT2D eigenvalue weighted by Crippen LogP contribution is -2.16. The van der Waals surface area contributed by atoms with Crippen LogP contribution < -0.4 is 10.5 Å². The van der Waals surface area contributed by atoms with Gasteiger partial charge in [-0.25, -0.2) is 8.42 Å². The Morgan fingerprint density at radius 2 is 1.80 bits per heavy atom. The Morgan fingerprint density at radius 3 is 2.35 bits per heavy atom. The summed E-state index contributed by atoms with van der Waals surface area (Å²) in [4.78, 5) is 0.104. The molecule has 0 unspecified atom stereocenters. The van der Waals surface area contributed by atoms with E-state index < -0.39 is 10.0 Å². The lowest BCUT2D eigenvalue weighted by Gasteiger charge is -2.09. The number of hydrogen-bond acceptors (Lipinski definition) is 4. The van der Waals surface area contributed by atoms with Gasteiger partial charge in [-0.1, -0.05) is 11.6 Å². The molecule has 0 bridgehead atoms. The molecule has 0 saturated carbocycles. The van der Waals surface area contributed by atoms with E-state index in [9.17, 15) is 8.42 Å². The molecule has 2 aromatic rings. The van der Waals surface area contributed by atoms with E-state index in [1.807, 2.05) is 0 Å². The summed E-state index contributed by atoms with van der Waals surface area (Å²) in [5, 5.41) is 0.533. The molecule has 3 N–H and O–H groups in total. The predicted octanol–water partition coefficient (Wildman–Crippen LogP) is 2.81. The molecule has 0 spiro atoms. The van der Waals surface area contributed by atoms with Crippen molar-refractivity contribution in [3.63, 3.8) is 0 Å². The molecule has 5 nitrogen and oxygen atoms in total. The van der Waals surface area contributed by atoms with Gasteiger partial charge in [0.15, 0.2) is 0 Å². The summed E-state index contributed by atoms with van der Waals surface area (Å²) in [6.45, 7) is 3.39. The van der Waals surface area contributed by atoms with E-state index in [-0.39, 0.29) is 11.4 Å². The highest BCUT2D eigenvalue weighted by Gasteiger charge is 2.26. The van der Waals surface area contributed by atoms with Crippen molar-refractivity contribution in [2.24, 2.45) is 5.73 Å². The number of rotatable bonds is 4. The molecule has 0 saturated heterocycles. The van der Waals surface area contributed by atoms with Gasteiger partial charge >= 0.3 is 0 Å². The van der Waals surface area contributed by atoms with Gasteiger partial charge in [0.25, 0.3) is 10.0 Å². The Labute approximate surface area is 122 Å². The number of aryl methyl sites for hydroxylation is 2. The van der Waals surface area contributed by atoms with Crippen LogP contribution >= 0.6 is 11.6 Å². The minimum atomic E-state index is -3.75. The molecule has 2 rings (SSSR count). The van der Waals surface area contributed by atoms with E-state index in [0.717, 1.165) is 0 Å². The molecule has 108 valence electrons. The van der Waals surface area contributed by atoms with Crippen molar-refractivity contribution in [1.82, 2.24) is 0 Å². The third kappa shape index (κ3) is 2.82. The van der Waals surface area contributed by atoms with Crippen molar-refractivity contribution in [2.75, 3.05) is 4.72 Å². The van der Waals surface area contributed by atoms with E-state index in [2.05, 4.69) is 4.72 Å². The third-order valence-corrected chi connectivity index (χ3v) is 4.72. The second kappa shape index (κ2) is 5.47. The van der Waals surface area contributed by atoms with Gasteiger partial charge in [0.05, 0.1) is 0 Å². The normalized spacial score (nSPS) is 11.6. The van der Waals surface area contributed by atoms with Gasteiger partial charge in [0.2, 0.25) is 0 Å². The quantitative estimate of drug-likeness (QED) is 0.908. The number of nitrogens with two attached hydrogens (primary N) is 1. The third-order valence-electron chi connectivity index (χ3n) is 2.89.